The Balaban J connectivity index is 2.71. The zero-order valence-electron chi connectivity index (χ0n) is 7.72. The molecule has 0 spiro atoms. The van der Waals surface area contributed by atoms with Gasteiger partial charge >= 0.3 is 6.03 Å². The van der Waals surface area contributed by atoms with Crippen LogP contribution in [0.3, 0.4) is 0 Å². The van der Waals surface area contributed by atoms with Crippen molar-refractivity contribution in [1.29, 1.82) is 0 Å². The number of carbonyl (C=O) groups excluding carboxylic acids is 1. The fourth-order valence-electron chi connectivity index (χ4n) is 0.946. The van der Waals surface area contributed by atoms with Gasteiger partial charge in [-0.05, 0) is 18.2 Å². The van der Waals surface area contributed by atoms with E-state index in [9.17, 15) is 4.79 Å². The second-order valence-corrected chi connectivity index (χ2v) is 2.53. The minimum Gasteiger partial charge on any atom is -0.388 e. The van der Waals surface area contributed by atoms with Crippen molar-refractivity contribution in [2.24, 2.45) is 0 Å². The van der Waals surface area contributed by atoms with Gasteiger partial charge < -0.3 is 16.0 Å². The average molecular weight is 179 g/mol. The van der Waals surface area contributed by atoms with Crippen molar-refractivity contribution in [3.63, 3.8) is 0 Å². The first-order chi connectivity index (χ1) is 6.26. The summed E-state index contributed by atoms with van der Waals surface area (Å²) in [5, 5.41) is 8.14. The maximum atomic E-state index is 10.9. The van der Waals surface area contributed by atoms with Crippen LogP contribution in [0.4, 0.5) is 16.2 Å². The number of rotatable bonds is 2. The molecule has 0 saturated carbocycles. The van der Waals surface area contributed by atoms with Gasteiger partial charge in [-0.15, -0.1) is 0 Å². The quantitative estimate of drug-likeness (QED) is 0.644. The normalized spacial score (nSPS) is 9.08. The van der Waals surface area contributed by atoms with E-state index in [-0.39, 0.29) is 6.03 Å². The van der Waals surface area contributed by atoms with Crippen molar-refractivity contribution in [2.45, 2.75) is 0 Å². The molecule has 2 amide bonds. The number of nitrogens with one attached hydrogen (secondary N) is 3. The van der Waals surface area contributed by atoms with Crippen LogP contribution in [0.1, 0.15) is 0 Å². The topological polar surface area (TPSA) is 53.2 Å². The summed E-state index contributed by atoms with van der Waals surface area (Å²) < 4.78 is 0. The Morgan fingerprint density at radius 3 is 2.54 bits per heavy atom. The molecule has 0 unspecified atom stereocenters. The third kappa shape index (κ3) is 2.66. The molecule has 1 aromatic carbocycles. The van der Waals surface area contributed by atoms with E-state index in [1.165, 1.54) is 0 Å². The summed E-state index contributed by atoms with van der Waals surface area (Å²) in [5.41, 5.74) is 1.74. The van der Waals surface area contributed by atoms with Crippen molar-refractivity contribution < 1.29 is 4.79 Å². The highest BCUT2D eigenvalue weighted by Crippen LogP contribution is 2.13. The third-order valence-electron chi connectivity index (χ3n) is 1.64. The van der Waals surface area contributed by atoms with Gasteiger partial charge in [-0.25, -0.2) is 4.79 Å². The third-order valence-corrected chi connectivity index (χ3v) is 1.64. The zero-order valence-corrected chi connectivity index (χ0v) is 7.72. The first-order valence-electron chi connectivity index (χ1n) is 4.03. The number of urea groups is 1. The Hall–Kier alpha value is -1.71. The molecule has 4 nitrogen and oxygen atoms in total. The molecule has 4 heteroatoms. The van der Waals surface area contributed by atoms with E-state index >= 15 is 0 Å². The van der Waals surface area contributed by atoms with Crippen LogP contribution in [0.25, 0.3) is 0 Å². The maximum Gasteiger partial charge on any atom is 0.318 e. The van der Waals surface area contributed by atoms with E-state index < -0.39 is 0 Å². The molecule has 0 aliphatic rings. The molecule has 0 heterocycles. The molecular weight excluding hydrogens is 166 g/mol. The Kier molecular flexibility index (Phi) is 3.14. The fourth-order valence-corrected chi connectivity index (χ4v) is 0.946. The summed E-state index contributed by atoms with van der Waals surface area (Å²) in [5.74, 6) is 0. The summed E-state index contributed by atoms with van der Waals surface area (Å²) >= 11 is 0. The summed E-state index contributed by atoms with van der Waals surface area (Å²) in [6.07, 6.45) is 0. The van der Waals surface area contributed by atoms with Gasteiger partial charge in [0.1, 0.15) is 0 Å². The number of carbonyl (C=O) groups is 1. The van der Waals surface area contributed by atoms with E-state index in [2.05, 4.69) is 16.0 Å². The summed E-state index contributed by atoms with van der Waals surface area (Å²) in [6, 6.07) is 7.27. The average Bonchev–Trinajstić information content (AvgIpc) is 2.18. The lowest BCUT2D eigenvalue weighted by Crippen LogP contribution is -2.24. The molecule has 0 aliphatic heterocycles. The van der Waals surface area contributed by atoms with Gasteiger partial charge in [-0.1, -0.05) is 6.07 Å². The van der Waals surface area contributed by atoms with Gasteiger partial charge in [0.2, 0.25) is 0 Å². The van der Waals surface area contributed by atoms with E-state index in [0.29, 0.717) is 0 Å². The molecule has 0 aromatic heterocycles. The summed E-state index contributed by atoms with van der Waals surface area (Å²) in [6.45, 7) is 0. The van der Waals surface area contributed by atoms with E-state index in [4.69, 9.17) is 0 Å². The lowest BCUT2D eigenvalue weighted by atomic mass is 10.3. The van der Waals surface area contributed by atoms with Gasteiger partial charge in [-0.2, -0.15) is 0 Å². The minimum absolute atomic E-state index is 0.215. The standard InChI is InChI=1S/C9H13N3O/c1-10-7-4-3-5-8(6-7)12-9(13)11-2/h3-6,10H,1-2H3,(H2,11,12,13). The lowest BCUT2D eigenvalue weighted by Gasteiger charge is -2.05. The largest absolute Gasteiger partial charge is 0.388 e. The molecular formula is C9H13N3O. The Labute approximate surface area is 77.3 Å². The molecule has 1 rings (SSSR count). The van der Waals surface area contributed by atoms with Crippen molar-refractivity contribution in [3.8, 4) is 0 Å². The van der Waals surface area contributed by atoms with Crippen molar-refractivity contribution in [2.75, 3.05) is 24.7 Å². The maximum absolute atomic E-state index is 10.9. The van der Waals surface area contributed by atoms with Gasteiger partial charge in [0.25, 0.3) is 0 Å². The molecule has 0 atom stereocenters. The molecule has 0 aliphatic carbocycles. The molecule has 0 fully saturated rings. The van der Waals surface area contributed by atoms with Crippen LogP contribution in [0, 0.1) is 0 Å². The lowest BCUT2D eigenvalue weighted by molar-refractivity contribution is 0.254. The number of benzene rings is 1. The highest BCUT2D eigenvalue weighted by atomic mass is 16.2. The van der Waals surface area contributed by atoms with Crippen molar-refractivity contribution in [1.82, 2.24) is 5.32 Å². The van der Waals surface area contributed by atoms with Crippen LogP contribution in [-0.2, 0) is 0 Å². The number of hydrogen-bond donors (Lipinski definition) is 3. The van der Waals surface area contributed by atoms with Gasteiger partial charge in [0.05, 0.1) is 0 Å². The Morgan fingerprint density at radius 2 is 1.92 bits per heavy atom. The summed E-state index contributed by atoms with van der Waals surface area (Å²) in [4.78, 5) is 10.9. The van der Waals surface area contributed by atoms with E-state index in [1.807, 2.05) is 31.3 Å². The summed E-state index contributed by atoms with van der Waals surface area (Å²) in [7, 11) is 3.41. The van der Waals surface area contributed by atoms with Gasteiger partial charge in [-0.3, -0.25) is 0 Å². The van der Waals surface area contributed by atoms with Crippen molar-refractivity contribution in [3.05, 3.63) is 24.3 Å². The van der Waals surface area contributed by atoms with Gasteiger partial charge in [0.15, 0.2) is 0 Å². The smallest absolute Gasteiger partial charge is 0.318 e. The van der Waals surface area contributed by atoms with Crippen LogP contribution in [0.5, 0.6) is 0 Å². The highest BCUT2D eigenvalue weighted by Gasteiger charge is 1.97. The molecule has 0 saturated heterocycles. The van der Waals surface area contributed by atoms with Crippen LogP contribution in [-0.4, -0.2) is 20.1 Å². The van der Waals surface area contributed by atoms with Crippen LogP contribution < -0.4 is 16.0 Å². The molecule has 0 bridgehead atoms. The minimum atomic E-state index is -0.215. The van der Waals surface area contributed by atoms with Crippen LogP contribution in [0.2, 0.25) is 0 Å². The molecule has 0 radical (unpaired) electrons. The second-order valence-electron chi connectivity index (χ2n) is 2.53. The van der Waals surface area contributed by atoms with Crippen LogP contribution >= 0.6 is 0 Å². The second kappa shape index (κ2) is 4.35. The molecule has 70 valence electrons. The fraction of sp³-hybridized carbons (Fsp3) is 0.222. The Morgan fingerprint density at radius 1 is 1.23 bits per heavy atom. The van der Waals surface area contributed by atoms with Crippen LogP contribution in [0.15, 0.2) is 24.3 Å². The predicted octanol–water partition coefficient (Wildman–Crippen LogP) is 1.48. The van der Waals surface area contributed by atoms with Crippen molar-refractivity contribution >= 4 is 17.4 Å². The first-order valence-corrected chi connectivity index (χ1v) is 4.03. The predicted molar refractivity (Wildman–Crippen MR) is 54.1 cm³/mol. The molecule has 3 N–H and O–H groups in total. The van der Waals surface area contributed by atoms with E-state index in [1.54, 1.807) is 7.05 Å². The SMILES string of the molecule is CNC(=O)Nc1cccc(NC)c1. The van der Waals surface area contributed by atoms with Gasteiger partial charge in [0, 0.05) is 25.5 Å². The first kappa shape index (κ1) is 9.38. The Bertz CT molecular complexity index is 299. The van der Waals surface area contributed by atoms with E-state index in [0.717, 1.165) is 11.4 Å². The molecule has 13 heavy (non-hydrogen) atoms. The number of hydrogen-bond acceptors (Lipinski definition) is 2. The highest BCUT2D eigenvalue weighted by molar-refractivity contribution is 5.89. The monoisotopic (exact) mass is 179 g/mol. The number of amides is 2. The number of anilines is 2. The molecule has 1 aromatic rings. The zero-order chi connectivity index (χ0) is 9.68.